The van der Waals surface area contributed by atoms with Gasteiger partial charge in [0.15, 0.2) is 0 Å². The van der Waals surface area contributed by atoms with E-state index in [1.165, 1.54) is 12.8 Å². The molecule has 0 saturated carbocycles. The van der Waals surface area contributed by atoms with Crippen molar-refractivity contribution in [2.75, 3.05) is 6.61 Å². The largest absolute Gasteiger partial charge is 0.456 e. The highest BCUT2D eigenvalue weighted by Crippen LogP contribution is 2.50. The van der Waals surface area contributed by atoms with Crippen LogP contribution >= 0.6 is 0 Å². The molecule has 3 saturated heterocycles. The Kier molecular flexibility index (Phi) is 2.74. The summed E-state index contributed by atoms with van der Waals surface area (Å²) in [7, 11) is 0. The number of ether oxygens (including phenoxy) is 1. The van der Waals surface area contributed by atoms with Gasteiger partial charge in [-0.25, -0.2) is 4.79 Å². The highest BCUT2D eigenvalue weighted by atomic mass is 16.5. The van der Waals surface area contributed by atoms with Gasteiger partial charge in [-0.15, -0.1) is 0 Å². The van der Waals surface area contributed by atoms with E-state index >= 15 is 0 Å². The number of carbonyl (C=O) groups is 2. The minimum atomic E-state index is -0.281. The molecule has 114 valence electrons. The molecule has 4 aliphatic heterocycles. The van der Waals surface area contributed by atoms with E-state index in [0.717, 1.165) is 25.0 Å². The van der Waals surface area contributed by atoms with E-state index in [-0.39, 0.29) is 29.9 Å². The molecule has 3 unspecified atom stereocenters. The van der Waals surface area contributed by atoms with Crippen LogP contribution in [-0.2, 0) is 14.3 Å². The van der Waals surface area contributed by atoms with Crippen LogP contribution in [0.1, 0.15) is 46.0 Å². The zero-order chi connectivity index (χ0) is 14.8. The molecule has 0 aliphatic carbocycles. The number of carbonyl (C=O) groups excluding carboxylic acids is 2. The lowest BCUT2D eigenvalue weighted by atomic mass is 9.73. The normalized spacial score (nSPS) is 42.4. The predicted molar refractivity (Wildman–Crippen MR) is 76.2 cm³/mol. The van der Waals surface area contributed by atoms with Crippen molar-refractivity contribution in [2.45, 2.75) is 64.1 Å². The summed E-state index contributed by atoms with van der Waals surface area (Å²) >= 11 is 0. The molecule has 0 aromatic carbocycles. The molecule has 1 amide bonds. The van der Waals surface area contributed by atoms with Crippen molar-refractivity contribution in [1.29, 1.82) is 0 Å². The van der Waals surface area contributed by atoms with Crippen LogP contribution in [0, 0.1) is 5.41 Å². The first-order valence-electron chi connectivity index (χ1n) is 7.97. The van der Waals surface area contributed by atoms with Crippen molar-refractivity contribution >= 4 is 11.9 Å². The molecule has 0 radical (unpaired) electrons. The highest BCUT2D eigenvalue weighted by molar-refractivity contribution is 5.94. The number of cyclic esters (lactones) is 1. The van der Waals surface area contributed by atoms with E-state index in [2.05, 4.69) is 12.2 Å². The number of nitrogens with one attached hydrogen (secondary N) is 1. The number of fused-ring (bicyclic) bond motifs is 2. The van der Waals surface area contributed by atoms with Gasteiger partial charge in [-0.1, -0.05) is 0 Å². The third-order valence-electron chi connectivity index (χ3n) is 5.78. The topological polar surface area (TPSA) is 58.6 Å². The van der Waals surface area contributed by atoms with Gasteiger partial charge >= 0.3 is 5.97 Å². The maximum Gasteiger partial charge on any atom is 0.336 e. The summed E-state index contributed by atoms with van der Waals surface area (Å²) in [5.74, 6) is -0.0580. The molecule has 5 heteroatoms. The Hall–Kier alpha value is -1.36. The van der Waals surface area contributed by atoms with Crippen molar-refractivity contribution in [3.8, 4) is 0 Å². The second-order valence-corrected chi connectivity index (χ2v) is 7.20. The lowest BCUT2D eigenvalue weighted by Gasteiger charge is -2.36. The van der Waals surface area contributed by atoms with Crippen molar-refractivity contribution in [3.05, 3.63) is 11.3 Å². The summed E-state index contributed by atoms with van der Waals surface area (Å²) in [6, 6.07) is 1.15. The Morgan fingerprint density at radius 1 is 1.19 bits per heavy atom. The Morgan fingerprint density at radius 3 is 2.43 bits per heavy atom. The minimum Gasteiger partial charge on any atom is -0.456 e. The van der Waals surface area contributed by atoms with Crippen LogP contribution in [0.2, 0.25) is 0 Å². The molecule has 4 heterocycles. The van der Waals surface area contributed by atoms with E-state index < -0.39 is 0 Å². The van der Waals surface area contributed by atoms with Crippen LogP contribution in [0.4, 0.5) is 0 Å². The molecule has 0 aromatic rings. The first kappa shape index (κ1) is 13.3. The van der Waals surface area contributed by atoms with E-state index in [4.69, 9.17) is 4.74 Å². The van der Waals surface area contributed by atoms with Crippen molar-refractivity contribution in [1.82, 2.24) is 10.2 Å². The van der Waals surface area contributed by atoms with Gasteiger partial charge in [-0.2, -0.15) is 0 Å². The van der Waals surface area contributed by atoms with Crippen LogP contribution in [0.25, 0.3) is 0 Å². The van der Waals surface area contributed by atoms with Crippen molar-refractivity contribution < 1.29 is 14.3 Å². The quantitative estimate of drug-likeness (QED) is 0.740. The van der Waals surface area contributed by atoms with Crippen LogP contribution < -0.4 is 5.32 Å². The second-order valence-electron chi connectivity index (χ2n) is 7.20. The summed E-state index contributed by atoms with van der Waals surface area (Å²) in [5, 5.41) is 3.62. The van der Waals surface area contributed by atoms with Crippen LogP contribution in [0.15, 0.2) is 11.3 Å². The Bertz CT molecular complexity index is 542. The van der Waals surface area contributed by atoms with Gasteiger partial charge < -0.3 is 15.0 Å². The zero-order valence-corrected chi connectivity index (χ0v) is 12.6. The van der Waals surface area contributed by atoms with Gasteiger partial charge in [0, 0.05) is 18.1 Å². The number of nitrogens with zero attached hydrogens (tertiary/aromatic N) is 1. The maximum atomic E-state index is 13.1. The molecule has 3 atom stereocenters. The monoisotopic (exact) mass is 290 g/mol. The number of hydrogen-bond acceptors (Lipinski definition) is 4. The second kappa shape index (κ2) is 4.32. The molecule has 21 heavy (non-hydrogen) atoms. The molecule has 1 spiro atoms. The lowest BCUT2D eigenvalue weighted by molar-refractivity contribution is -0.138. The fourth-order valence-electron chi connectivity index (χ4n) is 4.90. The van der Waals surface area contributed by atoms with Crippen LogP contribution in [-0.4, -0.2) is 41.5 Å². The molecule has 5 nitrogen and oxygen atoms in total. The number of piperidine rings is 1. The first-order valence-corrected chi connectivity index (χ1v) is 7.97. The maximum absolute atomic E-state index is 13.1. The molecule has 3 fully saturated rings. The molecule has 2 bridgehead atoms. The Balaban J connectivity index is 1.67. The summed E-state index contributed by atoms with van der Waals surface area (Å²) in [4.78, 5) is 26.6. The van der Waals surface area contributed by atoms with Gasteiger partial charge in [0.05, 0.1) is 16.7 Å². The van der Waals surface area contributed by atoms with Gasteiger partial charge in [0.25, 0.3) is 0 Å². The van der Waals surface area contributed by atoms with E-state index in [9.17, 15) is 9.59 Å². The SMILES string of the molecule is CC1=C(N2C(=O)C3(CC4CCC(C3)N4)CC2C)COC1=O. The average molecular weight is 290 g/mol. The van der Waals surface area contributed by atoms with Gasteiger partial charge in [-0.3, -0.25) is 4.79 Å². The molecular weight excluding hydrogens is 268 g/mol. The summed E-state index contributed by atoms with van der Waals surface area (Å²) in [6.45, 7) is 4.11. The molecule has 4 aliphatic rings. The molecule has 1 N–H and O–H groups in total. The smallest absolute Gasteiger partial charge is 0.336 e. The summed E-state index contributed by atoms with van der Waals surface area (Å²) in [5.41, 5.74) is 1.18. The highest BCUT2D eigenvalue weighted by Gasteiger charge is 2.56. The third kappa shape index (κ3) is 1.79. The first-order chi connectivity index (χ1) is 10.00. The molecular formula is C16H22N2O3. The van der Waals surface area contributed by atoms with Gasteiger partial charge in [0.1, 0.15) is 6.61 Å². The average Bonchev–Trinajstić information content (AvgIpc) is 3.02. The summed E-state index contributed by atoms with van der Waals surface area (Å²) in [6.07, 6.45) is 5.19. The van der Waals surface area contributed by atoms with Crippen molar-refractivity contribution in [2.24, 2.45) is 5.41 Å². The fraction of sp³-hybridized carbons (Fsp3) is 0.750. The standard InChI is InChI=1S/C16H22N2O3/c1-9-5-16(6-11-3-4-12(7-16)17-11)15(20)18(9)13-8-21-14(19)10(13)2/h9,11-12,17H,3-8H2,1-2H3. The number of esters is 1. The Labute approximate surface area is 124 Å². The predicted octanol–water partition coefficient (Wildman–Crippen LogP) is 1.34. The zero-order valence-electron chi connectivity index (χ0n) is 12.6. The van der Waals surface area contributed by atoms with Crippen LogP contribution in [0.3, 0.4) is 0 Å². The summed E-state index contributed by atoms with van der Waals surface area (Å²) < 4.78 is 5.10. The third-order valence-corrected chi connectivity index (χ3v) is 5.78. The van der Waals surface area contributed by atoms with Gasteiger partial charge in [0.2, 0.25) is 5.91 Å². The Morgan fingerprint density at radius 2 is 1.86 bits per heavy atom. The van der Waals surface area contributed by atoms with Crippen LogP contribution in [0.5, 0.6) is 0 Å². The number of rotatable bonds is 1. The van der Waals surface area contributed by atoms with E-state index in [0.29, 0.717) is 17.7 Å². The number of likely N-dealkylation sites (tertiary alicyclic amines) is 1. The van der Waals surface area contributed by atoms with E-state index in [1.54, 1.807) is 6.92 Å². The molecule has 0 aromatic heterocycles. The minimum absolute atomic E-state index is 0.162. The fourth-order valence-corrected chi connectivity index (χ4v) is 4.90. The lowest BCUT2D eigenvalue weighted by Crippen LogP contribution is -2.48. The number of hydrogen-bond donors (Lipinski definition) is 1. The van der Waals surface area contributed by atoms with Gasteiger partial charge in [-0.05, 0) is 46.0 Å². The number of amides is 1. The van der Waals surface area contributed by atoms with Crippen molar-refractivity contribution in [3.63, 3.8) is 0 Å². The molecule has 4 rings (SSSR count). The van der Waals surface area contributed by atoms with E-state index in [1.807, 2.05) is 4.90 Å².